The van der Waals surface area contributed by atoms with Crippen molar-refractivity contribution in [1.82, 2.24) is 4.98 Å². The summed E-state index contributed by atoms with van der Waals surface area (Å²) >= 11 is 1.64. The van der Waals surface area contributed by atoms with E-state index in [-0.39, 0.29) is 0 Å². The number of nitrogens with two attached hydrogens (primary N) is 1. The zero-order valence-electron chi connectivity index (χ0n) is 6.58. The second kappa shape index (κ2) is 4.26. The molecule has 0 aliphatic heterocycles. The maximum absolute atomic E-state index is 5.52. The van der Waals surface area contributed by atoms with E-state index in [0.717, 1.165) is 6.42 Å². The van der Waals surface area contributed by atoms with Crippen LogP contribution < -0.4 is 5.73 Å². The van der Waals surface area contributed by atoms with E-state index in [1.807, 2.05) is 11.7 Å². The predicted octanol–water partition coefficient (Wildman–Crippen LogP) is 1.90. The molecule has 1 aromatic rings. The average molecular weight is 168 g/mol. The average Bonchev–Trinajstić information content (AvgIpc) is 2.52. The zero-order chi connectivity index (χ0) is 8.10. The molecule has 0 aromatic carbocycles. The predicted molar refractivity (Wildman–Crippen MR) is 49.4 cm³/mol. The Bertz CT molecular complexity index is 220. The van der Waals surface area contributed by atoms with Gasteiger partial charge in [0, 0.05) is 17.6 Å². The molecular weight excluding hydrogens is 156 g/mol. The van der Waals surface area contributed by atoms with Gasteiger partial charge in [-0.25, -0.2) is 0 Å². The fourth-order valence-electron chi connectivity index (χ4n) is 0.803. The van der Waals surface area contributed by atoms with Crippen LogP contribution in [0.2, 0.25) is 0 Å². The zero-order valence-corrected chi connectivity index (χ0v) is 7.40. The van der Waals surface area contributed by atoms with E-state index in [4.69, 9.17) is 5.73 Å². The van der Waals surface area contributed by atoms with Gasteiger partial charge in [-0.05, 0) is 12.5 Å². The molecule has 0 bridgehead atoms. The minimum atomic E-state index is 0.647. The lowest BCUT2D eigenvalue weighted by Gasteiger charge is -1.96. The molecule has 0 aliphatic rings. The Kier molecular flexibility index (Phi) is 3.26. The van der Waals surface area contributed by atoms with Crippen LogP contribution in [0.4, 0.5) is 0 Å². The molecule has 0 aliphatic carbocycles. The molecule has 0 radical (unpaired) electrons. The number of aromatic nitrogens is 1. The van der Waals surface area contributed by atoms with Gasteiger partial charge < -0.3 is 5.73 Å². The first-order valence-electron chi connectivity index (χ1n) is 3.64. The van der Waals surface area contributed by atoms with Gasteiger partial charge in [-0.3, -0.25) is 4.98 Å². The number of nitrogens with zero attached hydrogens (tertiary/aromatic N) is 1. The van der Waals surface area contributed by atoms with Gasteiger partial charge in [0.1, 0.15) is 0 Å². The highest BCUT2D eigenvalue weighted by molar-refractivity contribution is 7.10. The fraction of sp³-hybridized carbons (Fsp3) is 0.375. The van der Waals surface area contributed by atoms with E-state index < -0.39 is 0 Å². The van der Waals surface area contributed by atoms with Crippen molar-refractivity contribution in [3.05, 3.63) is 22.2 Å². The minimum Gasteiger partial charge on any atom is -0.327 e. The highest BCUT2D eigenvalue weighted by atomic mass is 32.1. The van der Waals surface area contributed by atoms with Crippen LogP contribution in [0.25, 0.3) is 6.08 Å². The molecule has 0 saturated carbocycles. The molecule has 11 heavy (non-hydrogen) atoms. The first-order chi connectivity index (χ1) is 5.36. The molecule has 0 unspecified atom stereocenters. The smallest absolute Gasteiger partial charge is 0.0797 e. The van der Waals surface area contributed by atoms with Crippen LogP contribution in [0.1, 0.15) is 18.2 Å². The molecule has 0 spiro atoms. The van der Waals surface area contributed by atoms with Crippen LogP contribution in [-0.2, 0) is 0 Å². The Balaban J connectivity index is 2.71. The lowest BCUT2D eigenvalue weighted by Crippen LogP contribution is -2.01. The molecule has 0 saturated heterocycles. The van der Waals surface area contributed by atoms with E-state index in [1.165, 1.54) is 10.5 Å². The van der Waals surface area contributed by atoms with Gasteiger partial charge in [0.25, 0.3) is 0 Å². The van der Waals surface area contributed by atoms with E-state index in [9.17, 15) is 0 Å². The summed E-state index contributed by atoms with van der Waals surface area (Å²) in [5, 5.41) is 0. The Morgan fingerprint density at radius 1 is 1.82 bits per heavy atom. The summed E-state index contributed by atoms with van der Waals surface area (Å²) < 4.78 is 0. The van der Waals surface area contributed by atoms with Crippen molar-refractivity contribution in [3.8, 4) is 0 Å². The third-order valence-corrected chi connectivity index (χ3v) is 2.24. The Hall–Kier alpha value is -0.670. The number of thiazole rings is 1. The molecule has 2 nitrogen and oxygen atoms in total. The number of rotatable bonds is 3. The van der Waals surface area contributed by atoms with E-state index in [2.05, 4.69) is 18.0 Å². The Labute approximate surface area is 70.8 Å². The standard InChI is InChI=1S/C8H12N2S/c1-2-7(4-9)3-8-5-10-6-11-8/h3,5-6H,2,4,9H2,1H3. The van der Waals surface area contributed by atoms with Crippen LogP contribution >= 0.6 is 11.3 Å². The van der Waals surface area contributed by atoms with Gasteiger partial charge in [0.15, 0.2) is 0 Å². The summed E-state index contributed by atoms with van der Waals surface area (Å²) in [5.41, 5.74) is 8.62. The van der Waals surface area contributed by atoms with Crippen molar-refractivity contribution in [2.75, 3.05) is 6.54 Å². The summed E-state index contributed by atoms with van der Waals surface area (Å²) in [7, 11) is 0. The summed E-state index contributed by atoms with van der Waals surface area (Å²) in [6.45, 7) is 2.76. The van der Waals surface area contributed by atoms with Crippen molar-refractivity contribution in [2.45, 2.75) is 13.3 Å². The molecule has 0 amide bonds. The van der Waals surface area contributed by atoms with Gasteiger partial charge in [-0.15, -0.1) is 11.3 Å². The summed E-state index contributed by atoms with van der Waals surface area (Å²) in [6.07, 6.45) is 4.99. The Morgan fingerprint density at radius 3 is 3.09 bits per heavy atom. The number of hydrogen-bond donors (Lipinski definition) is 1. The maximum Gasteiger partial charge on any atom is 0.0797 e. The third-order valence-electron chi connectivity index (χ3n) is 1.51. The van der Waals surface area contributed by atoms with Crippen LogP contribution in [0.15, 0.2) is 17.3 Å². The molecular formula is C8H12N2S. The van der Waals surface area contributed by atoms with Gasteiger partial charge in [-0.2, -0.15) is 0 Å². The maximum atomic E-state index is 5.52. The van der Waals surface area contributed by atoms with Crippen molar-refractivity contribution in [2.24, 2.45) is 5.73 Å². The minimum absolute atomic E-state index is 0.647. The molecule has 1 aromatic heterocycles. The quantitative estimate of drug-likeness (QED) is 0.748. The SMILES string of the molecule is CCC(=Cc1cncs1)CN. The molecule has 60 valence electrons. The van der Waals surface area contributed by atoms with Gasteiger partial charge in [0.05, 0.1) is 5.51 Å². The first kappa shape index (κ1) is 8.43. The van der Waals surface area contributed by atoms with E-state index in [1.54, 1.807) is 11.3 Å². The molecule has 1 heterocycles. The monoisotopic (exact) mass is 168 g/mol. The molecule has 0 fully saturated rings. The van der Waals surface area contributed by atoms with E-state index in [0.29, 0.717) is 6.54 Å². The second-order valence-electron chi connectivity index (χ2n) is 2.26. The summed E-state index contributed by atoms with van der Waals surface area (Å²) in [4.78, 5) is 5.16. The van der Waals surface area contributed by atoms with Crippen molar-refractivity contribution < 1.29 is 0 Å². The third kappa shape index (κ3) is 2.44. The first-order valence-corrected chi connectivity index (χ1v) is 4.52. The van der Waals surface area contributed by atoms with Crippen LogP contribution in [0.5, 0.6) is 0 Å². The van der Waals surface area contributed by atoms with Gasteiger partial charge in [0.2, 0.25) is 0 Å². The highest BCUT2D eigenvalue weighted by Crippen LogP contribution is 2.11. The second-order valence-corrected chi connectivity index (χ2v) is 3.18. The molecule has 2 N–H and O–H groups in total. The largest absolute Gasteiger partial charge is 0.327 e. The lowest BCUT2D eigenvalue weighted by atomic mass is 10.2. The lowest BCUT2D eigenvalue weighted by molar-refractivity contribution is 1.02. The molecule has 1 rings (SSSR count). The molecule has 3 heteroatoms. The van der Waals surface area contributed by atoms with Crippen LogP contribution in [0.3, 0.4) is 0 Å². The summed E-state index contributed by atoms with van der Waals surface area (Å²) in [5.74, 6) is 0. The van der Waals surface area contributed by atoms with Crippen LogP contribution in [0, 0.1) is 0 Å². The summed E-state index contributed by atoms with van der Waals surface area (Å²) in [6, 6.07) is 0. The van der Waals surface area contributed by atoms with Gasteiger partial charge >= 0.3 is 0 Å². The van der Waals surface area contributed by atoms with Crippen molar-refractivity contribution in [3.63, 3.8) is 0 Å². The number of hydrogen-bond acceptors (Lipinski definition) is 3. The topological polar surface area (TPSA) is 38.9 Å². The van der Waals surface area contributed by atoms with E-state index >= 15 is 0 Å². The van der Waals surface area contributed by atoms with Gasteiger partial charge in [-0.1, -0.05) is 12.5 Å². The normalized spacial score (nSPS) is 12.0. The fourth-order valence-corrected chi connectivity index (χ4v) is 1.40. The Morgan fingerprint density at radius 2 is 2.64 bits per heavy atom. The van der Waals surface area contributed by atoms with Crippen LogP contribution in [-0.4, -0.2) is 11.5 Å². The highest BCUT2D eigenvalue weighted by Gasteiger charge is 1.92. The van der Waals surface area contributed by atoms with Crippen molar-refractivity contribution in [1.29, 1.82) is 0 Å². The molecule has 0 atom stereocenters. The van der Waals surface area contributed by atoms with Crippen molar-refractivity contribution >= 4 is 17.4 Å².